The van der Waals surface area contributed by atoms with Crippen molar-refractivity contribution < 1.29 is 4.79 Å². The first-order valence-corrected chi connectivity index (χ1v) is 7.73. The number of amides is 2. The lowest BCUT2D eigenvalue weighted by Gasteiger charge is -2.15. The van der Waals surface area contributed by atoms with Crippen LogP contribution in [0.4, 0.5) is 4.79 Å². The topological polar surface area (TPSA) is 128 Å². The van der Waals surface area contributed by atoms with Crippen molar-refractivity contribution in [1.29, 1.82) is 5.26 Å². The van der Waals surface area contributed by atoms with E-state index in [2.05, 4.69) is 32.5 Å². The highest BCUT2D eigenvalue weighted by molar-refractivity contribution is 5.74. The van der Waals surface area contributed by atoms with E-state index in [0.717, 1.165) is 18.5 Å². The van der Waals surface area contributed by atoms with Gasteiger partial charge in [-0.3, -0.25) is 10.4 Å². The Labute approximate surface area is 135 Å². The average Bonchev–Trinajstić information content (AvgIpc) is 2.92. The molecule has 1 saturated heterocycles. The van der Waals surface area contributed by atoms with E-state index in [0.29, 0.717) is 6.54 Å². The molecular formula is C15H23N7O. The van der Waals surface area contributed by atoms with Gasteiger partial charge < -0.3 is 16.4 Å². The molecule has 0 aliphatic carbocycles. The van der Waals surface area contributed by atoms with E-state index < -0.39 is 0 Å². The normalized spacial score (nSPS) is 24.7. The molecule has 8 nitrogen and oxygen atoms in total. The fraction of sp³-hybridized carbons (Fsp3) is 0.533. The van der Waals surface area contributed by atoms with Crippen molar-refractivity contribution in [2.24, 2.45) is 11.7 Å². The van der Waals surface area contributed by atoms with Crippen molar-refractivity contribution in [2.45, 2.75) is 38.0 Å². The van der Waals surface area contributed by atoms with Crippen LogP contribution in [0.5, 0.6) is 0 Å². The van der Waals surface area contributed by atoms with Crippen LogP contribution in [0.2, 0.25) is 0 Å². The Morgan fingerprint density at radius 1 is 1.52 bits per heavy atom. The van der Waals surface area contributed by atoms with Crippen molar-refractivity contribution in [3.8, 4) is 6.07 Å². The second-order valence-corrected chi connectivity index (χ2v) is 5.59. The van der Waals surface area contributed by atoms with E-state index in [9.17, 15) is 4.79 Å². The number of aromatic nitrogens is 1. The maximum Gasteiger partial charge on any atom is 0.315 e. The monoisotopic (exact) mass is 317 g/mol. The predicted molar refractivity (Wildman–Crippen MR) is 85.6 cm³/mol. The maximum absolute atomic E-state index is 11.8. The Kier molecular flexibility index (Phi) is 6.29. The fourth-order valence-electron chi connectivity index (χ4n) is 2.53. The van der Waals surface area contributed by atoms with Crippen LogP contribution in [0.3, 0.4) is 0 Å². The largest absolute Gasteiger partial charge is 0.338 e. The van der Waals surface area contributed by atoms with Crippen LogP contribution in [0, 0.1) is 17.2 Å². The van der Waals surface area contributed by atoms with Crippen LogP contribution in [0.15, 0.2) is 24.4 Å². The van der Waals surface area contributed by atoms with E-state index in [1.165, 1.54) is 0 Å². The molecular weight excluding hydrogens is 294 g/mol. The molecule has 1 aromatic heterocycles. The molecule has 1 aliphatic rings. The third-order valence-electron chi connectivity index (χ3n) is 3.86. The fourth-order valence-corrected chi connectivity index (χ4v) is 2.53. The number of rotatable bonds is 6. The molecule has 0 aromatic carbocycles. The minimum Gasteiger partial charge on any atom is -0.338 e. The molecule has 1 fully saturated rings. The SMILES string of the molecule is CC(NC(=O)NCCCC1NNC(N)C1C#N)c1ccccn1. The van der Waals surface area contributed by atoms with Gasteiger partial charge >= 0.3 is 6.03 Å². The van der Waals surface area contributed by atoms with Crippen LogP contribution >= 0.6 is 0 Å². The summed E-state index contributed by atoms with van der Waals surface area (Å²) in [6.07, 6.45) is 2.87. The van der Waals surface area contributed by atoms with Crippen LogP contribution < -0.4 is 27.2 Å². The van der Waals surface area contributed by atoms with Gasteiger partial charge in [0.2, 0.25) is 0 Å². The molecule has 4 unspecified atom stereocenters. The van der Waals surface area contributed by atoms with Crippen molar-refractivity contribution in [1.82, 2.24) is 26.5 Å². The van der Waals surface area contributed by atoms with Gasteiger partial charge in [0.25, 0.3) is 0 Å². The van der Waals surface area contributed by atoms with Crippen LogP contribution in [-0.2, 0) is 0 Å². The first-order valence-electron chi connectivity index (χ1n) is 7.73. The Morgan fingerprint density at radius 3 is 3.04 bits per heavy atom. The van der Waals surface area contributed by atoms with Crippen molar-refractivity contribution >= 4 is 6.03 Å². The summed E-state index contributed by atoms with van der Waals surface area (Å²) in [6.45, 7) is 2.42. The second-order valence-electron chi connectivity index (χ2n) is 5.59. The van der Waals surface area contributed by atoms with E-state index in [4.69, 9.17) is 11.0 Å². The molecule has 2 heterocycles. The zero-order valence-corrected chi connectivity index (χ0v) is 13.1. The standard InChI is InChI=1S/C15H23N7O/c1-10(12-5-2-3-7-18-12)20-15(23)19-8-4-6-13-11(9-16)14(17)22-21-13/h2-3,5,7,10-11,13-14,21-22H,4,6,8,17H2,1H3,(H2,19,20,23). The molecule has 2 rings (SSSR count). The van der Waals surface area contributed by atoms with Gasteiger partial charge in [-0.05, 0) is 31.9 Å². The number of nitriles is 1. The maximum atomic E-state index is 11.8. The zero-order chi connectivity index (χ0) is 16.7. The number of hydrogen-bond donors (Lipinski definition) is 5. The summed E-state index contributed by atoms with van der Waals surface area (Å²) in [7, 11) is 0. The summed E-state index contributed by atoms with van der Waals surface area (Å²) in [6, 6.07) is 7.42. The molecule has 23 heavy (non-hydrogen) atoms. The lowest BCUT2D eigenvalue weighted by Crippen LogP contribution is -2.39. The third kappa shape index (κ3) is 4.89. The highest BCUT2D eigenvalue weighted by atomic mass is 16.2. The first kappa shape index (κ1) is 17.1. The lowest BCUT2D eigenvalue weighted by molar-refractivity contribution is 0.237. The molecule has 0 saturated carbocycles. The van der Waals surface area contributed by atoms with Crippen molar-refractivity contribution in [3.05, 3.63) is 30.1 Å². The molecule has 2 amide bonds. The Bertz CT molecular complexity index is 545. The summed E-state index contributed by atoms with van der Waals surface area (Å²) in [4.78, 5) is 16.1. The van der Waals surface area contributed by atoms with Gasteiger partial charge in [-0.15, -0.1) is 0 Å². The summed E-state index contributed by atoms with van der Waals surface area (Å²) >= 11 is 0. The van der Waals surface area contributed by atoms with E-state index in [1.807, 2.05) is 25.1 Å². The molecule has 8 heteroatoms. The summed E-state index contributed by atoms with van der Waals surface area (Å²) in [5, 5.41) is 14.7. The number of urea groups is 1. The number of carbonyl (C=O) groups excluding carboxylic acids is 1. The number of pyridine rings is 1. The first-order chi connectivity index (χ1) is 11.1. The Hall–Kier alpha value is -2.21. The molecule has 0 spiro atoms. The molecule has 4 atom stereocenters. The molecule has 0 radical (unpaired) electrons. The molecule has 124 valence electrons. The number of carbonyl (C=O) groups is 1. The predicted octanol–water partition coefficient (Wildman–Crippen LogP) is 0.123. The summed E-state index contributed by atoms with van der Waals surface area (Å²) in [5.74, 6) is -0.256. The average molecular weight is 317 g/mol. The van der Waals surface area contributed by atoms with E-state index >= 15 is 0 Å². The third-order valence-corrected chi connectivity index (χ3v) is 3.86. The number of hydrogen-bond acceptors (Lipinski definition) is 6. The van der Waals surface area contributed by atoms with Gasteiger partial charge in [0.1, 0.15) is 0 Å². The van der Waals surface area contributed by atoms with E-state index in [1.54, 1.807) is 6.20 Å². The molecule has 1 aromatic rings. The zero-order valence-electron chi connectivity index (χ0n) is 13.1. The Balaban J connectivity index is 1.65. The van der Waals surface area contributed by atoms with Crippen molar-refractivity contribution in [3.63, 3.8) is 0 Å². The molecule has 0 bridgehead atoms. The smallest absolute Gasteiger partial charge is 0.315 e. The van der Waals surface area contributed by atoms with Crippen molar-refractivity contribution in [2.75, 3.05) is 6.54 Å². The quantitative estimate of drug-likeness (QED) is 0.474. The van der Waals surface area contributed by atoms with Gasteiger partial charge in [-0.1, -0.05) is 6.07 Å². The minimum absolute atomic E-state index is 0.00676. The number of nitrogens with zero attached hydrogens (tertiary/aromatic N) is 2. The number of nitrogens with one attached hydrogen (secondary N) is 4. The van der Waals surface area contributed by atoms with Gasteiger partial charge in [0, 0.05) is 18.8 Å². The highest BCUT2D eigenvalue weighted by Crippen LogP contribution is 2.15. The van der Waals surface area contributed by atoms with Gasteiger partial charge in [0.05, 0.1) is 29.9 Å². The van der Waals surface area contributed by atoms with Gasteiger partial charge in [-0.2, -0.15) is 5.26 Å². The van der Waals surface area contributed by atoms with Crippen LogP contribution in [0.1, 0.15) is 31.5 Å². The van der Waals surface area contributed by atoms with Crippen LogP contribution in [-0.4, -0.2) is 29.8 Å². The Morgan fingerprint density at radius 2 is 2.35 bits per heavy atom. The second kappa shape index (κ2) is 8.43. The number of nitrogens with two attached hydrogens (primary N) is 1. The summed E-state index contributed by atoms with van der Waals surface area (Å²) < 4.78 is 0. The van der Waals surface area contributed by atoms with E-state index in [-0.39, 0.29) is 30.2 Å². The summed E-state index contributed by atoms with van der Waals surface area (Å²) in [5.41, 5.74) is 12.5. The number of hydrazine groups is 1. The lowest BCUT2D eigenvalue weighted by atomic mass is 9.97. The van der Waals surface area contributed by atoms with Gasteiger partial charge in [-0.25, -0.2) is 10.2 Å². The molecule has 1 aliphatic heterocycles. The minimum atomic E-state index is -0.347. The van der Waals surface area contributed by atoms with Gasteiger partial charge in [0.15, 0.2) is 0 Å². The van der Waals surface area contributed by atoms with Crippen LogP contribution in [0.25, 0.3) is 0 Å². The molecule has 6 N–H and O–H groups in total. The highest BCUT2D eigenvalue weighted by Gasteiger charge is 2.32.